The smallest absolute Gasteiger partial charge is 0.259 e. The Balaban J connectivity index is 1.17. The third-order valence-corrected chi connectivity index (χ3v) is 8.00. The van der Waals surface area contributed by atoms with Gasteiger partial charge in [-0.2, -0.15) is 0 Å². The van der Waals surface area contributed by atoms with E-state index in [9.17, 15) is 9.59 Å². The van der Waals surface area contributed by atoms with Gasteiger partial charge in [-0.3, -0.25) is 14.6 Å². The number of rotatable bonds is 13. The molecule has 0 spiro atoms. The normalized spacial score (nSPS) is 16.4. The maximum absolute atomic E-state index is 13.4. The predicted molar refractivity (Wildman–Crippen MR) is 169 cm³/mol. The average Bonchev–Trinajstić information content (AvgIpc) is 3.81. The first kappa shape index (κ1) is 29.5. The van der Waals surface area contributed by atoms with E-state index < -0.39 is 6.04 Å². The molecule has 6 nitrogen and oxygen atoms in total. The van der Waals surface area contributed by atoms with Gasteiger partial charge in [0, 0.05) is 22.5 Å². The van der Waals surface area contributed by atoms with Crippen LogP contribution < -0.4 is 16.5 Å². The molecule has 4 aromatic rings. The summed E-state index contributed by atoms with van der Waals surface area (Å²) in [5.41, 5.74) is 4.83. The molecule has 216 valence electrons. The number of nitrogens with one attached hydrogen (secondary N) is 2. The fourth-order valence-electron chi connectivity index (χ4n) is 5.26. The summed E-state index contributed by atoms with van der Waals surface area (Å²) in [6.45, 7) is 1.08. The Hall–Kier alpha value is -3.97. The van der Waals surface area contributed by atoms with E-state index in [1.807, 2.05) is 60.7 Å². The Morgan fingerprint density at radius 3 is 2.17 bits per heavy atom. The molecule has 7 heteroatoms. The number of carbonyl (C=O) groups is 2. The maximum Gasteiger partial charge on any atom is 0.259 e. The third-order valence-electron chi connectivity index (χ3n) is 7.75. The number of carbonyl (C=O) groups excluding carboxylic acids is 2. The fraction of sp³-hybridized carbons (Fsp3) is 0.257. The summed E-state index contributed by atoms with van der Waals surface area (Å²) in [5, 5.41) is 8.39. The predicted octanol–water partition coefficient (Wildman–Crippen LogP) is 6.32. The van der Waals surface area contributed by atoms with Crippen molar-refractivity contribution < 1.29 is 9.59 Å². The largest absolute Gasteiger partial charge is 0.340 e. The highest BCUT2D eigenvalue weighted by Gasteiger charge is 2.37. The van der Waals surface area contributed by atoms with Crippen molar-refractivity contribution in [2.75, 3.05) is 6.54 Å². The monoisotopic (exact) mass is 580 g/mol. The van der Waals surface area contributed by atoms with E-state index >= 15 is 0 Å². The first-order valence-corrected chi connectivity index (χ1v) is 14.9. The van der Waals surface area contributed by atoms with Crippen molar-refractivity contribution in [3.05, 3.63) is 131 Å². The minimum absolute atomic E-state index is 0.220. The van der Waals surface area contributed by atoms with Crippen molar-refractivity contribution in [2.24, 2.45) is 5.84 Å². The van der Waals surface area contributed by atoms with Gasteiger partial charge in [0.2, 0.25) is 0 Å². The van der Waals surface area contributed by atoms with Gasteiger partial charge in [0.15, 0.2) is 0 Å². The van der Waals surface area contributed by atoms with Gasteiger partial charge in [-0.25, -0.2) is 5.84 Å². The fourth-order valence-corrected chi connectivity index (χ4v) is 5.38. The Bertz CT molecular complexity index is 1450. The summed E-state index contributed by atoms with van der Waals surface area (Å²) >= 11 is 6.00. The van der Waals surface area contributed by atoms with Crippen LogP contribution in [0.25, 0.3) is 11.1 Å². The van der Waals surface area contributed by atoms with Crippen LogP contribution in [0.3, 0.4) is 0 Å². The van der Waals surface area contributed by atoms with Crippen LogP contribution in [-0.2, 0) is 11.3 Å². The molecular weight excluding hydrogens is 544 g/mol. The number of benzene rings is 4. The minimum atomic E-state index is -0.735. The molecule has 3 atom stereocenters. The Morgan fingerprint density at radius 2 is 1.48 bits per heavy atom. The van der Waals surface area contributed by atoms with Gasteiger partial charge in [0.1, 0.15) is 6.04 Å². The maximum atomic E-state index is 13.4. The topological polar surface area (TPSA) is 87.5 Å². The molecule has 2 unspecified atom stereocenters. The lowest BCUT2D eigenvalue weighted by molar-refractivity contribution is -0.134. The number of amides is 2. The van der Waals surface area contributed by atoms with Gasteiger partial charge in [-0.15, -0.1) is 0 Å². The molecular formula is C35H37ClN4O2. The van der Waals surface area contributed by atoms with Crippen LogP contribution in [0.1, 0.15) is 53.1 Å². The zero-order valence-electron chi connectivity index (χ0n) is 23.6. The number of halogens is 1. The lowest BCUT2D eigenvalue weighted by Crippen LogP contribution is -2.51. The molecule has 42 heavy (non-hydrogen) atoms. The van der Waals surface area contributed by atoms with E-state index in [1.54, 1.807) is 24.3 Å². The van der Waals surface area contributed by atoms with Crippen LogP contribution in [-0.4, -0.2) is 35.5 Å². The molecule has 1 aliphatic rings. The summed E-state index contributed by atoms with van der Waals surface area (Å²) in [5.74, 6) is 6.18. The number of unbranched alkanes of at least 4 members (excludes halogenated alkanes) is 1. The zero-order chi connectivity index (χ0) is 29.3. The van der Waals surface area contributed by atoms with E-state index in [-0.39, 0.29) is 18.4 Å². The first-order chi connectivity index (χ1) is 20.5. The van der Waals surface area contributed by atoms with Gasteiger partial charge in [-0.1, -0.05) is 96.5 Å². The molecule has 2 amide bonds. The van der Waals surface area contributed by atoms with Crippen LogP contribution in [0.15, 0.2) is 109 Å². The second-order valence-electron chi connectivity index (χ2n) is 10.9. The van der Waals surface area contributed by atoms with E-state index in [1.165, 1.54) is 10.6 Å². The minimum Gasteiger partial charge on any atom is -0.340 e. The SMILES string of the molecule is NN(Cc1ccc(Cl)cc1)C(=O)[C@H](CCCCNC1CC1c1ccccc1)NC(=O)c1ccc(-c2ccccc2)cc1. The molecule has 1 fully saturated rings. The highest BCUT2D eigenvalue weighted by Crippen LogP contribution is 2.40. The molecule has 0 saturated heterocycles. The van der Waals surface area contributed by atoms with Crippen LogP contribution in [0.4, 0.5) is 0 Å². The number of hydrogen-bond acceptors (Lipinski definition) is 4. The van der Waals surface area contributed by atoms with Crippen molar-refractivity contribution in [1.82, 2.24) is 15.6 Å². The van der Waals surface area contributed by atoms with Crippen LogP contribution in [0, 0.1) is 0 Å². The summed E-state index contributed by atoms with van der Waals surface area (Å²) in [6.07, 6.45) is 3.31. The standard InChI is InChI=1S/C35H37ClN4O2/c36-30-20-14-25(15-21-30)24-40(37)35(42)32(13-7-8-22-38-33-23-31(33)28-11-5-2-6-12-28)39-34(41)29-18-16-27(17-19-29)26-9-3-1-4-10-26/h1-6,9-12,14-21,31-33,38H,7-8,13,22-24,37H2,(H,39,41)/t31?,32-,33?/m0/s1. The Labute approximate surface area is 252 Å². The molecule has 1 saturated carbocycles. The molecule has 1 aliphatic carbocycles. The molecule has 5 rings (SSSR count). The molecule has 4 aromatic carbocycles. The second-order valence-corrected chi connectivity index (χ2v) is 11.3. The Morgan fingerprint density at radius 1 is 0.833 bits per heavy atom. The molecule has 0 heterocycles. The molecule has 0 aromatic heterocycles. The molecule has 0 bridgehead atoms. The van der Waals surface area contributed by atoms with E-state index in [2.05, 4.69) is 34.9 Å². The van der Waals surface area contributed by atoms with Crippen LogP contribution in [0.5, 0.6) is 0 Å². The Kier molecular flexibility index (Phi) is 10.0. The van der Waals surface area contributed by atoms with Crippen molar-refractivity contribution in [1.29, 1.82) is 0 Å². The molecule has 4 N–H and O–H groups in total. The summed E-state index contributed by atoms with van der Waals surface area (Å²) in [6, 6.07) is 35.0. The second kappa shape index (κ2) is 14.3. The molecule has 0 radical (unpaired) electrons. The number of nitrogens with two attached hydrogens (primary N) is 1. The van der Waals surface area contributed by atoms with E-state index in [0.717, 1.165) is 42.5 Å². The van der Waals surface area contributed by atoms with Crippen molar-refractivity contribution >= 4 is 23.4 Å². The van der Waals surface area contributed by atoms with Gasteiger partial charge in [-0.05, 0) is 78.7 Å². The van der Waals surface area contributed by atoms with Gasteiger partial charge in [0.05, 0.1) is 6.54 Å². The number of hydrazine groups is 1. The highest BCUT2D eigenvalue weighted by molar-refractivity contribution is 6.30. The van der Waals surface area contributed by atoms with Crippen molar-refractivity contribution in [3.8, 4) is 11.1 Å². The van der Waals surface area contributed by atoms with E-state index in [0.29, 0.717) is 29.0 Å². The summed E-state index contributed by atoms with van der Waals surface area (Å²) < 4.78 is 0. The number of hydrogen-bond donors (Lipinski definition) is 3. The van der Waals surface area contributed by atoms with Crippen molar-refractivity contribution in [2.45, 2.75) is 50.2 Å². The number of nitrogens with zero attached hydrogens (tertiary/aromatic N) is 1. The van der Waals surface area contributed by atoms with Gasteiger partial charge in [0.25, 0.3) is 11.8 Å². The highest BCUT2D eigenvalue weighted by atomic mass is 35.5. The lowest BCUT2D eigenvalue weighted by atomic mass is 10.0. The van der Waals surface area contributed by atoms with Crippen LogP contribution in [0.2, 0.25) is 5.02 Å². The zero-order valence-corrected chi connectivity index (χ0v) is 24.3. The molecule has 0 aliphatic heterocycles. The first-order valence-electron chi connectivity index (χ1n) is 14.5. The van der Waals surface area contributed by atoms with Crippen molar-refractivity contribution in [3.63, 3.8) is 0 Å². The van der Waals surface area contributed by atoms with Gasteiger partial charge >= 0.3 is 0 Å². The van der Waals surface area contributed by atoms with Gasteiger partial charge < -0.3 is 10.6 Å². The summed E-state index contributed by atoms with van der Waals surface area (Å²) in [4.78, 5) is 26.7. The lowest BCUT2D eigenvalue weighted by Gasteiger charge is -2.24. The van der Waals surface area contributed by atoms with Crippen LogP contribution >= 0.6 is 11.6 Å². The van der Waals surface area contributed by atoms with E-state index in [4.69, 9.17) is 17.4 Å². The average molecular weight is 581 g/mol. The summed E-state index contributed by atoms with van der Waals surface area (Å²) in [7, 11) is 0. The third kappa shape index (κ3) is 8.07. The quantitative estimate of drug-likeness (QED) is 0.0747.